The Bertz CT molecular complexity index is 406. The van der Waals surface area contributed by atoms with Crippen LogP contribution in [0.4, 0.5) is 0 Å². The molecule has 1 aromatic heterocycles. The average molecular weight is 208 g/mol. The van der Waals surface area contributed by atoms with Crippen LogP contribution in [0.25, 0.3) is 0 Å². The first kappa shape index (κ1) is 11.4. The van der Waals surface area contributed by atoms with Crippen molar-refractivity contribution in [3.63, 3.8) is 0 Å². The molecule has 0 N–H and O–H groups in total. The van der Waals surface area contributed by atoms with E-state index in [1.165, 1.54) is 10.6 Å². The van der Waals surface area contributed by atoms with Crippen molar-refractivity contribution in [3.05, 3.63) is 34.2 Å². The van der Waals surface area contributed by atoms with Gasteiger partial charge in [-0.15, -0.1) is 0 Å². The fourth-order valence-corrected chi connectivity index (χ4v) is 1.03. The molecular weight excluding hydrogens is 196 g/mol. The minimum Gasteiger partial charge on any atom is -0.382 e. The molecule has 0 saturated heterocycles. The van der Waals surface area contributed by atoms with E-state index in [2.05, 4.69) is 0 Å². The lowest BCUT2D eigenvalue weighted by Gasteiger charge is -2.06. The number of hydrogen-bond donors (Lipinski definition) is 0. The maximum atomic E-state index is 11.5. The predicted octanol–water partition coefficient (Wildman–Crippen LogP) is 0.340. The predicted molar refractivity (Wildman–Crippen MR) is 53.2 cm³/mol. The molecule has 0 aliphatic heterocycles. The zero-order chi connectivity index (χ0) is 11.1. The SMILES string of the molecule is COCCOCn1cccc(C#N)c1=O. The third-order valence-corrected chi connectivity index (χ3v) is 1.80. The Balaban J connectivity index is 2.63. The van der Waals surface area contributed by atoms with Crippen LogP contribution in [0.2, 0.25) is 0 Å². The van der Waals surface area contributed by atoms with E-state index >= 15 is 0 Å². The molecule has 0 atom stereocenters. The van der Waals surface area contributed by atoms with Crippen molar-refractivity contribution in [2.75, 3.05) is 20.3 Å². The van der Waals surface area contributed by atoms with E-state index in [9.17, 15) is 4.79 Å². The Labute approximate surface area is 87.5 Å². The minimum atomic E-state index is -0.336. The van der Waals surface area contributed by atoms with Crippen LogP contribution in [0.3, 0.4) is 0 Å². The summed E-state index contributed by atoms with van der Waals surface area (Å²) < 4.78 is 11.3. The van der Waals surface area contributed by atoms with E-state index in [4.69, 9.17) is 14.7 Å². The van der Waals surface area contributed by atoms with Gasteiger partial charge in [0, 0.05) is 13.3 Å². The van der Waals surface area contributed by atoms with E-state index in [0.29, 0.717) is 13.2 Å². The van der Waals surface area contributed by atoms with Crippen molar-refractivity contribution in [1.82, 2.24) is 4.57 Å². The van der Waals surface area contributed by atoms with Crippen LogP contribution in [0.15, 0.2) is 23.1 Å². The third kappa shape index (κ3) is 3.20. The first-order valence-electron chi connectivity index (χ1n) is 4.46. The molecule has 0 unspecified atom stereocenters. The fraction of sp³-hybridized carbons (Fsp3) is 0.400. The number of aromatic nitrogens is 1. The fourth-order valence-electron chi connectivity index (χ4n) is 1.03. The molecule has 0 aliphatic carbocycles. The maximum absolute atomic E-state index is 11.5. The second-order valence-corrected chi connectivity index (χ2v) is 2.84. The van der Waals surface area contributed by atoms with Crippen LogP contribution in [-0.2, 0) is 16.2 Å². The number of rotatable bonds is 5. The molecule has 0 fully saturated rings. The molecule has 5 nitrogen and oxygen atoms in total. The van der Waals surface area contributed by atoms with Crippen molar-refractivity contribution in [1.29, 1.82) is 5.26 Å². The van der Waals surface area contributed by atoms with Crippen LogP contribution in [0.5, 0.6) is 0 Å². The molecule has 0 radical (unpaired) electrons. The number of pyridine rings is 1. The number of methoxy groups -OCH3 is 1. The lowest BCUT2D eigenvalue weighted by molar-refractivity contribution is 0.0326. The van der Waals surface area contributed by atoms with E-state index in [1.54, 1.807) is 19.4 Å². The highest BCUT2D eigenvalue weighted by molar-refractivity contribution is 5.24. The summed E-state index contributed by atoms with van der Waals surface area (Å²) in [5.41, 5.74) is -0.217. The molecule has 0 bridgehead atoms. The van der Waals surface area contributed by atoms with Gasteiger partial charge in [0.2, 0.25) is 0 Å². The molecule has 5 heteroatoms. The van der Waals surface area contributed by atoms with Crippen molar-refractivity contribution in [2.24, 2.45) is 0 Å². The smallest absolute Gasteiger partial charge is 0.270 e. The molecule has 1 rings (SSSR count). The summed E-state index contributed by atoms with van der Waals surface area (Å²) in [6.07, 6.45) is 1.58. The highest BCUT2D eigenvalue weighted by Crippen LogP contribution is 1.90. The number of nitrogens with zero attached hydrogens (tertiary/aromatic N) is 2. The highest BCUT2D eigenvalue weighted by atomic mass is 16.5. The van der Waals surface area contributed by atoms with Gasteiger partial charge in [-0.2, -0.15) is 5.26 Å². The summed E-state index contributed by atoms with van der Waals surface area (Å²) in [5.74, 6) is 0. The van der Waals surface area contributed by atoms with Gasteiger partial charge in [0.1, 0.15) is 18.4 Å². The van der Waals surface area contributed by atoms with Crippen LogP contribution in [0.1, 0.15) is 5.56 Å². The largest absolute Gasteiger partial charge is 0.382 e. The van der Waals surface area contributed by atoms with Gasteiger partial charge in [-0.25, -0.2) is 0 Å². The van der Waals surface area contributed by atoms with Gasteiger partial charge >= 0.3 is 0 Å². The van der Waals surface area contributed by atoms with E-state index in [-0.39, 0.29) is 17.9 Å². The quantitative estimate of drug-likeness (QED) is 0.654. The molecule has 1 heterocycles. The Morgan fingerprint density at radius 2 is 2.33 bits per heavy atom. The lowest BCUT2D eigenvalue weighted by atomic mass is 10.3. The summed E-state index contributed by atoms with van der Waals surface area (Å²) in [6, 6.07) is 4.94. The van der Waals surface area contributed by atoms with Crippen LogP contribution in [0, 0.1) is 11.3 Å². The molecule has 0 spiro atoms. The van der Waals surface area contributed by atoms with E-state index < -0.39 is 0 Å². The topological polar surface area (TPSA) is 64.2 Å². The van der Waals surface area contributed by atoms with E-state index in [1.807, 2.05) is 6.07 Å². The Hall–Kier alpha value is -1.64. The van der Waals surface area contributed by atoms with Gasteiger partial charge in [-0.1, -0.05) is 0 Å². The average Bonchev–Trinajstić information content (AvgIpc) is 2.26. The summed E-state index contributed by atoms with van der Waals surface area (Å²) in [7, 11) is 1.58. The molecule has 0 aromatic carbocycles. The monoisotopic (exact) mass is 208 g/mol. The second kappa shape index (κ2) is 5.96. The Morgan fingerprint density at radius 3 is 3.00 bits per heavy atom. The van der Waals surface area contributed by atoms with Crippen LogP contribution >= 0.6 is 0 Å². The number of hydrogen-bond acceptors (Lipinski definition) is 4. The Kier molecular flexibility index (Phi) is 4.54. The summed E-state index contributed by atoms with van der Waals surface area (Å²) in [6.45, 7) is 1.03. The van der Waals surface area contributed by atoms with Crippen LogP contribution < -0.4 is 5.56 Å². The van der Waals surface area contributed by atoms with Crippen molar-refractivity contribution in [2.45, 2.75) is 6.73 Å². The molecule has 0 saturated carbocycles. The third-order valence-electron chi connectivity index (χ3n) is 1.80. The maximum Gasteiger partial charge on any atom is 0.270 e. The summed E-state index contributed by atoms with van der Waals surface area (Å²) in [5, 5.41) is 8.63. The van der Waals surface area contributed by atoms with Crippen LogP contribution in [-0.4, -0.2) is 24.9 Å². The van der Waals surface area contributed by atoms with Crippen molar-refractivity contribution >= 4 is 0 Å². The Morgan fingerprint density at radius 1 is 1.53 bits per heavy atom. The highest BCUT2D eigenvalue weighted by Gasteiger charge is 2.00. The van der Waals surface area contributed by atoms with Gasteiger partial charge in [0.25, 0.3) is 5.56 Å². The number of nitriles is 1. The number of ether oxygens (including phenoxy) is 2. The summed E-state index contributed by atoms with van der Waals surface area (Å²) in [4.78, 5) is 11.5. The minimum absolute atomic E-state index is 0.118. The zero-order valence-corrected chi connectivity index (χ0v) is 8.47. The standard InChI is InChI=1S/C10H12N2O3/c1-14-5-6-15-8-12-4-2-3-9(7-11)10(12)13/h2-4H,5-6,8H2,1H3. The molecule has 80 valence electrons. The van der Waals surface area contributed by atoms with Crippen molar-refractivity contribution < 1.29 is 9.47 Å². The van der Waals surface area contributed by atoms with Gasteiger partial charge in [0.05, 0.1) is 13.2 Å². The van der Waals surface area contributed by atoms with Gasteiger partial charge < -0.3 is 9.47 Å². The second-order valence-electron chi connectivity index (χ2n) is 2.84. The summed E-state index contributed by atoms with van der Waals surface area (Å²) >= 11 is 0. The lowest BCUT2D eigenvalue weighted by Crippen LogP contribution is -2.23. The van der Waals surface area contributed by atoms with E-state index in [0.717, 1.165) is 0 Å². The first-order chi connectivity index (χ1) is 7.29. The first-order valence-corrected chi connectivity index (χ1v) is 4.46. The molecule has 1 aromatic rings. The molecule has 0 aliphatic rings. The van der Waals surface area contributed by atoms with Gasteiger partial charge in [-0.3, -0.25) is 9.36 Å². The molecular formula is C10H12N2O3. The van der Waals surface area contributed by atoms with Gasteiger partial charge in [0.15, 0.2) is 0 Å². The molecule has 0 amide bonds. The molecule has 15 heavy (non-hydrogen) atoms. The van der Waals surface area contributed by atoms with Crippen molar-refractivity contribution in [3.8, 4) is 6.07 Å². The van der Waals surface area contributed by atoms with Gasteiger partial charge in [-0.05, 0) is 12.1 Å². The zero-order valence-electron chi connectivity index (χ0n) is 8.47. The normalized spacial score (nSPS) is 9.87.